The highest BCUT2D eigenvalue weighted by molar-refractivity contribution is 8.13. The third kappa shape index (κ3) is 5.35. The van der Waals surface area contributed by atoms with E-state index in [0.29, 0.717) is 18.5 Å². The number of benzene rings is 1. The number of hydrazone groups is 1. The van der Waals surface area contributed by atoms with Crippen molar-refractivity contribution in [3.8, 4) is 0 Å². The van der Waals surface area contributed by atoms with Gasteiger partial charge in [0.05, 0.1) is 5.04 Å². The lowest BCUT2D eigenvalue weighted by Crippen LogP contribution is -2.34. The first-order chi connectivity index (χ1) is 10.7. The Hall–Kier alpha value is -1.53. The Balaban J connectivity index is 1.79. The van der Waals surface area contributed by atoms with Crippen molar-refractivity contribution in [2.24, 2.45) is 16.8 Å². The van der Waals surface area contributed by atoms with Crippen LogP contribution in [-0.2, 0) is 6.54 Å². The van der Waals surface area contributed by atoms with Gasteiger partial charge in [-0.15, -0.1) is 11.8 Å². The van der Waals surface area contributed by atoms with E-state index < -0.39 is 0 Å². The summed E-state index contributed by atoms with van der Waals surface area (Å²) < 4.78 is 0. The minimum atomic E-state index is -0.275. The maximum Gasteiger partial charge on any atom is 0.335 e. The van der Waals surface area contributed by atoms with E-state index in [4.69, 9.17) is 5.73 Å². The van der Waals surface area contributed by atoms with Crippen molar-refractivity contribution in [2.45, 2.75) is 38.3 Å². The minimum Gasteiger partial charge on any atom is -0.333 e. The molecule has 1 aromatic rings. The van der Waals surface area contributed by atoms with Gasteiger partial charge < -0.3 is 11.1 Å². The number of rotatable bonds is 4. The third-order valence-corrected chi connectivity index (χ3v) is 4.74. The second kappa shape index (κ2) is 8.80. The van der Waals surface area contributed by atoms with Crippen molar-refractivity contribution < 1.29 is 4.79 Å². The van der Waals surface area contributed by atoms with Crippen molar-refractivity contribution in [3.63, 3.8) is 0 Å². The zero-order chi connectivity index (χ0) is 15.8. The zero-order valence-corrected chi connectivity index (χ0v) is 13.7. The number of hydrogen-bond donors (Lipinski definition) is 3. The van der Waals surface area contributed by atoms with Crippen LogP contribution in [0.5, 0.6) is 0 Å². The first kappa shape index (κ1) is 16.8. The van der Waals surface area contributed by atoms with Crippen molar-refractivity contribution >= 4 is 22.8 Å². The standard InChI is InChI=1S/C16H24N4OS/c1-22-15(13-7-9-14(17)10-8-13)19-20-16(21)18-11-12-5-3-2-4-6-12/h2-6,13-14H,7-11,17H2,1H3,(H2,18,20,21)/b19-15-. The van der Waals surface area contributed by atoms with E-state index in [1.54, 1.807) is 11.8 Å². The van der Waals surface area contributed by atoms with Crippen LogP contribution in [0.25, 0.3) is 0 Å². The molecule has 1 aromatic carbocycles. The number of thioether (sulfide) groups is 1. The number of nitrogens with two attached hydrogens (primary N) is 1. The molecule has 1 saturated carbocycles. The van der Waals surface area contributed by atoms with E-state index in [9.17, 15) is 4.79 Å². The lowest BCUT2D eigenvalue weighted by molar-refractivity contribution is 0.241. The first-order valence-corrected chi connectivity index (χ1v) is 8.86. The molecule has 1 aliphatic rings. The zero-order valence-electron chi connectivity index (χ0n) is 12.9. The molecular weight excluding hydrogens is 296 g/mol. The molecule has 0 aliphatic heterocycles. The maximum absolute atomic E-state index is 11.8. The van der Waals surface area contributed by atoms with Gasteiger partial charge in [0.25, 0.3) is 0 Å². The molecule has 6 heteroatoms. The average Bonchev–Trinajstić information content (AvgIpc) is 2.56. The summed E-state index contributed by atoms with van der Waals surface area (Å²) in [5.41, 5.74) is 9.59. The molecule has 0 radical (unpaired) electrons. The number of carbonyl (C=O) groups is 1. The van der Waals surface area contributed by atoms with Crippen molar-refractivity contribution in [3.05, 3.63) is 35.9 Å². The first-order valence-electron chi connectivity index (χ1n) is 7.64. The number of urea groups is 1. The molecule has 0 heterocycles. The van der Waals surface area contributed by atoms with E-state index in [0.717, 1.165) is 36.3 Å². The van der Waals surface area contributed by atoms with Crippen LogP contribution in [0.4, 0.5) is 4.79 Å². The number of nitrogens with one attached hydrogen (secondary N) is 2. The lowest BCUT2D eigenvalue weighted by atomic mass is 9.87. The van der Waals surface area contributed by atoms with Gasteiger partial charge >= 0.3 is 6.03 Å². The fourth-order valence-corrected chi connectivity index (χ4v) is 3.30. The summed E-state index contributed by atoms with van der Waals surface area (Å²) in [4.78, 5) is 11.8. The molecule has 5 nitrogen and oxygen atoms in total. The van der Waals surface area contributed by atoms with Gasteiger partial charge in [0.2, 0.25) is 0 Å². The second-order valence-corrected chi connectivity index (χ2v) is 6.37. The van der Waals surface area contributed by atoms with Gasteiger partial charge in [-0.25, -0.2) is 10.2 Å². The highest BCUT2D eigenvalue weighted by atomic mass is 32.2. The van der Waals surface area contributed by atoms with Crippen LogP contribution in [0.1, 0.15) is 31.2 Å². The summed E-state index contributed by atoms with van der Waals surface area (Å²) in [6, 6.07) is 9.85. The van der Waals surface area contributed by atoms with Crippen LogP contribution in [0.2, 0.25) is 0 Å². The van der Waals surface area contributed by atoms with Crippen molar-refractivity contribution in [1.29, 1.82) is 0 Å². The molecule has 0 saturated heterocycles. The third-order valence-electron chi connectivity index (χ3n) is 3.89. The minimum absolute atomic E-state index is 0.275. The summed E-state index contributed by atoms with van der Waals surface area (Å²) in [5, 5.41) is 8.07. The molecule has 4 N–H and O–H groups in total. The van der Waals surface area contributed by atoms with Gasteiger partial charge in [0.15, 0.2) is 0 Å². The van der Waals surface area contributed by atoms with Crippen LogP contribution in [-0.4, -0.2) is 23.4 Å². The van der Waals surface area contributed by atoms with E-state index >= 15 is 0 Å². The molecule has 1 aliphatic carbocycles. The van der Waals surface area contributed by atoms with E-state index in [1.165, 1.54) is 0 Å². The molecule has 22 heavy (non-hydrogen) atoms. The number of amides is 2. The largest absolute Gasteiger partial charge is 0.335 e. The van der Waals surface area contributed by atoms with Crippen LogP contribution >= 0.6 is 11.8 Å². The Bertz CT molecular complexity index is 498. The summed E-state index contributed by atoms with van der Waals surface area (Å²) in [6.07, 6.45) is 6.16. The Morgan fingerprint density at radius 2 is 1.95 bits per heavy atom. The summed E-state index contributed by atoms with van der Waals surface area (Å²) in [5.74, 6) is 0.421. The molecule has 2 rings (SSSR count). The Morgan fingerprint density at radius 3 is 2.59 bits per heavy atom. The van der Waals surface area contributed by atoms with Crippen LogP contribution < -0.4 is 16.5 Å². The normalized spacial score (nSPS) is 22.2. The molecule has 0 atom stereocenters. The molecule has 120 valence electrons. The number of hydrogen-bond acceptors (Lipinski definition) is 4. The van der Waals surface area contributed by atoms with Gasteiger partial charge in [0.1, 0.15) is 0 Å². The quantitative estimate of drug-likeness (QED) is 0.453. The predicted octanol–water partition coefficient (Wildman–Crippen LogP) is 2.68. The van der Waals surface area contributed by atoms with Gasteiger partial charge in [-0.3, -0.25) is 0 Å². The Labute approximate surface area is 136 Å². The highest BCUT2D eigenvalue weighted by Gasteiger charge is 2.22. The fraction of sp³-hybridized carbons (Fsp3) is 0.500. The van der Waals surface area contributed by atoms with Gasteiger partial charge in [-0.2, -0.15) is 5.10 Å². The van der Waals surface area contributed by atoms with Gasteiger partial charge in [0, 0.05) is 18.5 Å². The maximum atomic E-state index is 11.8. The molecule has 0 spiro atoms. The predicted molar refractivity (Wildman–Crippen MR) is 92.7 cm³/mol. The topological polar surface area (TPSA) is 79.5 Å². The summed E-state index contributed by atoms with van der Waals surface area (Å²) in [6.45, 7) is 0.495. The van der Waals surface area contributed by atoms with Crippen LogP contribution in [0.15, 0.2) is 35.4 Å². The lowest BCUT2D eigenvalue weighted by Gasteiger charge is -2.26. The molecular formula is C16H24N4OS. The van der Waals surface area contributed by atoms with E-state index in [2.05, 4.69) is 15.8 Å². The van der Waals surface area contributed by atoms with Crippen molar-refractivity contribution in [1.82, 2.24) is 10.7 Å². The highest BCUT2D eigenvalue weighted by Crippen LogP contribution is 2.27. The van der Waals surface area contributed by atoms with E-state index in [1.807, 2.05) is 36.6 Å². The van der Waals surface area contributed by atoms with Gasteiger partial charge in [-0.1, -0.05) is 30.3 Å². The van der Waals surface area contributed by atoms with Crippen LogP contribution in [0.3, 0.4) is 0 Å². The average molecular weight is 320 g/mol. The smallest absolute Gasteiger partial charge is 0.333 e. The SMILES string of the molecule is CS/C(=N\NC(=O)NCc1ccccc1)C1CCC(N)CC1. The second-order valence-electron chi connectivity index (χ2n) is 5.55. The molecule has 2 amide bonds. The summed E-state index contributed by atoms with van der Waals surface area (Å²) in [7, 11) is 0. The molecule has 1 fully saturated rings. The van der Waals surface area contributed by atoms with Gasteiger partial charge in [-0.05, 0) is 37.5 Å². The number of nitrogens with zero attached hydrogens (tertiary/aromatic N) is 1. The fourth-order valence-electron chi connectivity index (χ4n) is 2.59. The number of carbonyl (C=O) groups excluding carboxylic acids is 1. The molecule has 0 aromatic heterocycles. The Morgan fingerprint density at radius 1 is 1.27 bits per heavy atom. The van der Waals surface area contributed by atoms with Crippen LogP contribution in [0, 0.1) is 5.92 Å². The van der Waals surface area contributed by atoms with E-state index in [-0.39, 0.29) is 6.03 Å². The summed E-state index contributed by atoms with van der Waals surface area (Å²) >= 11 is 1.60. The molecule has 0 unspecified atom stereocenters. The van der Waals surface area contributed by atoms with Crippen molar-refractivity contribution in [2.75, 3.05) is 6.26 Å². The molecule has 0 bridgehead atoms. The Kier molecular flexibility index (Phi) is 6.74. The monoisotopic (exact) mass is 320 g/mol.